The van der Waals surface area contributed by atoms with E-state index in [0.717, 1.165) is 38.4 Å². The molecule has 3 nitrogen and oxygen atoms in total. The van der Waals surface area contributed by atoms with Gasteiger partial charge in [-0.25, -0.2) is 4.39 Å². The Labute approximate surface area is 127 Å². The number of rotatable bonds is 4. The van der Waals surface area contributed by atoms with Gasteiger partial charge in [-0.15, -0.1) is 0 Å². The molecule has 2 rings (SSSR count). The molecule has 1 N–H and O–H groups in total. The van der Waals surface area contributed by atoms with Gasteiger partial charge >= 0.3 is 0 Å². The summed E-state index contributed by atoms with van der Waals surface area (Å²) in [5.41, 5.74) is 2.31. The van der Waals surface area contributed by atoms with Gasteiger partial charge in [-0.1, -0.05) is 13.8 Å². The van der Waals surface area contributed by atoms with Crippen molar-refractivity contribution in [3.8, 4) is 0 Å². The largest absolute Gasteiger partial charge is 0.389 e. The second kappa shape index (κ2) is 6.75. The maximum Gasteiger partial charge on any atom is 0.126 e. The van der Waals surface area contributed by atoms with Gasteiger partial charge in [0.2, 0.25) is 0 Å². The number of halogens is 1. The van der Waals surface area contributed by atoms with Gasteiger partial charge in [-0.05, 0) is 37.5 Å². The molecule has 1 aliphatic heterocycles. The molecule has 1 aromatic carbocycles. The zero-order chi connectivity index (χ0) is 15.6. The number of piperazine rings is 1. The molecule has 4 heteroatoms. The Morgan fingerprint density at radius 2 is 1.76 bits per heavy atom. The Kier molecular flexibility index (Phi) is 5.22. The topological polar surface area (TPSA) is 26.7 Å². The van der Waals surface area contributed by atoms with Crippen LogP contribution >= 0.6 is 0 Å². The van der Waals surface area contributed by atoms with Crippen molar-refractivity contribution in [3.63, 3.8) is 0 Å². The molecule has 0 aliphatic carbocycles. The van der Waals surface area contributed by atoms with Crippen molar-refractivity contribution in [1.29, 1.82) is 0 Å². The third kappa shape index (κ3) is 3.95. The maximum atomic E-state index is 13.8. The molecular weight excluding hydrogens is 267 g/mol. The Morgan fingerprint density at radius 1 is 1.14 bits per heavy atom. The lowest BCUT2D eigenvalue weighted by Crippen LogP contribution is -2.47. The molecule has 0 unspecified atom stereocenters. The smallest absolute Gasteiger partial charge is 0.126 e. The number of aliphatic hydroxyl groups excluding tert-OH is 1. The second-order valence-electron chi connectivity index (χ2n) is 6.52. The highest BCUT2D eigenvalue weighted by atomic mass is 19.1. The van der Waals surface area contributed by atoms with Crippen LogP contribution in [-0.2, 0) is 0 Å². The van der Waals surface area contributed by atoms with E-state index in [0.29, 0.717) is 17.0 Å². The SMILES string of the molecule is Cc1cc(N2CCN(CC(C)C)CC2)c([C@@H](C)O)cc1F. The van der Waals surface area contributed by atoms with Crippen LogP contribution in [0.4, 0.5) is 10.1 Å². The summed E-state index contributed by atoms with van der Waals surface area (Å²) in [5, 5.41) is 9.92. The monoisotopic (exact) mass is 294 g/mol. The van der Waals surface area contributed by atoms with Crippen LogP contribution in [0.15, 0.2) is 12.1 Å². The molecule has 1 aromatic rings. The normalized spacial score (nSPS) is 18.3. The van der Waals surface area contributed by atoms with E-state index in [1.165, 1.54) is 6.07 Å². The van der Waals surface area contributed by atoms with Crippen molar-refractivity contribution >= 4 is 5.69 Å². The number of nitrogens with zero attached hydrogens (tertiary/aromatic N) is 2. The average Bonchev–Trinajstić information content (AvgIpc) is 2.41. The van der Waals surface area contributed by atoms with E-state index in [-0.39, 0.29) is 5.82 Å². The summed E-state index contributed by atoms with van der Waals surface area (Å²) in [7, 11) is 0. The quantitative estimate of drug-likeness (QED) is 0.925. The second-order valence-corrected chi connectivity index (χ2v) is 6.52. The van der Waals surface area contributed by atoms with Gasteiger partial charge in [0.15, 0.2) is 0 Å². The maximum absolute atomic E-state index is 13.8. The van der Waals surface area contributed by atoms with Crippen LogP contribution in [0.2, 0.25) is 0 Å². The van der Waals surface area contributed by atoms with Gasteiger partial charge in [-0.3, -0.25) is 4.90 Å². The van der Waals surface area contributed by atoms with E-state index >= 15 is 0 Å². The first kappa shape index (κ1) is 16.2. The Bertz CT molecular complexity index is 480. The predicted octanol–water partition coefficient (Wildman–Crippen LogP) is 2.97. The van der Waals surface area contributed by atoms with Crippen molar-refractivity contribution in [3.05, 3.63) is 29.1 Å². The first-order valence-electron chi connectivity index (χ1n) is 7.84. The van der Waals surface area contributed by atoms with Gasteiger partial charge in [0.1, 0.15) is 5.82 Å². The van der Waals surface area contributed by atoms with Gasteiger partial charge in [-0.2, -0.15) is 0 Å². The van der Waals surface area contributed by atoms with Crippen molar-refractivity contribution in [2.45, 2.75) is 33.8 Å². The van der Waals surface area contributed by atoms with Crippen LogP contribution in [-0.4, -0.2) is 42.7 Å². The Hall–Kier alpha value is -1.13. The van der Waals surface area contributed by atoms with Crippen LogP contribution in [0, 0.1) is 18.7 Å². The third-order valence-electron chi connectivity index (χ3n) is 4.09. The molecule has 0 spiro atoms. The highest BCUT2D eigenvalue weighted by molar-refractivity contribution is 5.57. The Morgan fingerprint density at radius 3 is 2.29 bits per heavy atom. The van der Waals surface area contributed by atoms with Crippen LogP contribution in [0.3, 0.4) is 0 Å². The van der Waals surface area contributed by atoms with Crippen molar-refractivity contribution in [2.24, 2.45) is 5.92 Å². The minimum atomic E-state index is -0.649. The number of aliphatic hydroxyl groups is 1. The molecule has 0 radical (unpaired) electrons. The van der Waals surface area contributed by atoms with Crippen LogP contribution in [0.25, 0.3) is 0 Å². The summed E-state index contributed by atoms with van der Waals surface area (Å²) < 4.78 is 13.8. The molecule has 1 heterocycles. The number of hydrogen-bond acceptors (Lipinski definition) is 3. The lowest BCUT2D eigenvalue weighted by atomic mass is 10.0. The molecule has 118 valence electrons. The summed E-state index contributed by atoms with van der Waals surface area (Å²) in [5.74, 6) is 0.436. The fourth-order valence-electron chi connectivity index (χ4n) is 2.98. The lowest BCUT2D eigenvalue weighted by Gasteiger charge is -2.38. The standard InChI is InChI=1S/C17H27FN2O/c1-12(2)11-19-5-7-20(8-6-19)17-9-13(3)16(18)10-15(17)14(4)21/h9-10,12,14,21H,5-8,11H2,1-4H3/t14-/m1/s1. The highest BCUT2D eigenvalue weighted by Crippen LogP contribution is 2.30. The van der Waals surface area contributed by atoms with Gasteiger partial charge < -0.3 is 10.0 Å². The van der Waals surface area contributed by atoms with Crippen LogP contribution < -0.4 is 4.90 Å². The predicted molar refractivity (Wildman–Crippen MR) is 85.3 cm³/mol. The van der Waals surface area contributed by atoms with Crippen LogP contribution in [0.1, 0.15) is 38.0 Å². The summed E-state index contributed by atoms with van der Waals surface area (Å²) >= 11 is 0. The highest BCUT2D eigenvalue weighted by Gasteiger charge is 2.22. The van der Waals surface area contributed by atoms with E-state index in [2.05, 4.69) is 23.6 Å². The lowest BCUT2D eigenvalue weighted by molar-refractivity contribution is 0.198. The van der Waals surface area contributed by atoms with Crippen molar-refractivity contribution in [2.75, 3.05) is 37.6 Å². The molecule has 0 aromatic heterocycles. The van der Waals surface area contributed by atoms with Gasteiger partial charge in [0.25, 0.3) is 0 Å². The number of benzene rings is 1. The third-order valence-corrected chi connectivity index (χ3v) is 4.09. The molecule has 0 amide bonds. The molecule has 1 saturated heterocycles. The minimum absolute atomic E-state index is 0.243. The van der Waals surface area contributed by atoms with Gasteiger partial charge in [0, 0.05) is 44.0 Å². The average molecular weight is 294 g/mol. The summed E-state index contributed by atoms with van der Waals surface area (Å²) in [4.78, 5) is 4.74. The number of hydrogen-bond donors (Lipinski definition) is 1. The van der Waals surface area contributed by atoms with Crippen molar-refractivity contribution < 1.29 is 9.50 Å². The zero-order valence-corrected chi connectivity index (χ0v) is 13.6. The first-order valence-corrected chi connectivity index (χ1v) is 7.84. The van der Waals surface area contributed by atoms with E-state index in [9.17, 15) is 9.50 Å². The summed E-state index contributed by atoms with van der Waals surface area (Å²) in [6.07, 6.45) is -0.649. The van der Waals surface area contributed by atoms with Gasteiger partial charge in [0.05, 0.1) is 6.10 Å². The van der Waals surface area contributed by atoms with E-state index in [4.69, 9.17) is 0 Å². The summed E-state index contributed by atoms with van der Waals surface area (Å²) in [6.45, 7) is 13.0. The number of aryl methyl sites for hydroxylation is 1. The summed E-state index contributed by atoms with van der Waals surface area (Å²) in [6, 6.07) is 3.35. The first-order chi connectivity index (χ1) is 9.88. The molecule has 21 heavy (non-hydrogen) atoms. The molecule has 0 saturated carbocycles. The Balaban J connectivity index is 2.14. The molecule has 1 aliphatic rings. The van der Waals surface area contributed by atoms with Crippen LogP contribution in [0.5, 0.6) is 0 Å². The van der Waals surface area contributed by atoms with Crippen molar-refractivity contribution in [1.82, 2.24) is 4.90 Å². The fraction of sp³-hybridized carbons (Fsp3) is 0.647. The molecule has 0 bridgehead atoms. The molecule has 1 atom stereocenters. The fourth-order valence-corrected chi connectivity index (χ4v) is 2.98. The zero-order valence-electron chi connectivity index (χ0n) is 13.6. The van der Waals surface area contributed by atoms with E-state index in [1.807, 2.05) is 6.07 Å². The molecule has 1 fully saturated rings. The van der Waals surface area contributed by atoms with E-state index in [1.54, 1.807) is 13.8 Å². The minimum Gasteiger partial charge on any atom is -0.389 e. The van der Waals surface area contributed by atoms with E-state index < -0.39 is 6.10 Å². The molecular formula is C17H27FN2O. The number of anilines is 1.